The molecule has 0 saturated heterocycles. The molecule has 0 aliphatic heterocycles. The van der Waals surface area contributed by atoms with E-state index >= 15 is 0 Å². The average Bonchev–Trinajstić information content (AvgIpc) is 2.49. The lowest BCUT2D eigenvalue weighted by molar-refractivity contribution is 0.988. The van der Waals surface area contributed by atoms with Gasteiger partial charge in [-0.15, -0.1) is 0 Å². The van der Waals surface area contributed by atoms with Crippen LogP contribution >= 0.6 is 35.6 Å². The van der Waals surface area contributed by atoms with E-state index in [1.165, 1.54) is 5.56 Å². The minimum atomic E-state index is 0.602. The van der Waals surface area contributed by atoms with Crippen molar-refractivity contribution in [2.24, 2.45) is 0 Å². The van der Waals surface area contributed by atoms with Crippen LogP contribution in [0.25, 0.3) is 0 Å². The van der Waals surface area contributed by atoms with Gasteiger partial charge in [-0.25, -0.2) is 4.98 Å². The standard InChI is InChI=1S/C16H18ClN3S2/c1-12-6-7-18-15(10-12)20-16(21)19-8-9-22-11-13-2-4-14(17)5-3-13/h2-7,10H,8-9,11H2,1H3,(H2,18,19,20,21). The van der Waals surface area contributed by atoms with Crippen LogP contribution in [0.1, 0.15) is 11.1 Å². The highest BCUT2D eigenvalue weighted by atomic mass is 35.5. The van der Waals surface area contributed by atoms with Crippen LogP contribution in [0.3, 0.4) is 0 Å². The fourth-order valence-corrected chi connectivity index (χ4v) is 2.92. The van der Waals surface area contributed by atoms with Crippen molar-refractivity contribution < 1.29 is 0 Å². The maximum absolute atomic E-state index is 5.86. The topological polar surface area (TPSA) is 37.0 Å². The molecule has 116 valence electrons. The molecule has 6 heteroatoms. The zero-order valence-electron chi connectivity index (χ0n) is 12.3. The Kier molecular flexibility index (Phi) is 6.96. The number of aryl methyl sites for hydroxylation is 1. The molecule has 0 spiro atoms. The maximum atomic E-state index is 5.86. The SMILES string of the molecule is Cc1ccnc(NC(=S)NCCSCc2ccc(Cl)cc2)c1. The Morgan fingerprint density at radius 3 is 2.77 bits per heavy atom. The van der Waals surface area contributed by atoms with E-state index < -0.39 is 0 Å². The van der Waals surface area contributed by atoms with E-state index in [4.69, 9.17) is 23.8 Å². The van der Waals surface area contributed by atoms with Crippen LogP contribution in [0.15, 0.2) is 42.6 Å². The average molecular weight is 352 g/mol. The second kappa shape index (κ2) is 8.98. The van der Waals surface area contributed by atoms with Crippen molar-refractivity contribution in [3.63, 3.8) is 0 Å². The van der Waals surface area contributed by atoms with Gasteiger partial charge < -0.3 is 10.6 Å². The molecule has 2 aromatic rings. The first-order valence-electron chi connectivity index (χ1n) is 6.93. The molecule has 0 bridgehead atoms. The van der Waals surface area contributed by atoms with Crippen molar-refractivity contribution in [2.45, 2.75) is 12.7 Å². The minimum absolute atomic E-state index is 0.602. The Morgan fingerprint density at radius 2 is 2.05 bits per heavy atom. The third-order valence-corrected chi connectivity index (χ3v) is 4.40. The lowest BCUT2D eigenvalue weighted by Gasteiger charge is -2.10. The zero-order valence-corrected chi connectivity index (χ0v) is 14.7. The highest BCUT2D eigenvalue weighted by Gasteiger charge is 1.99. The number of rotatable bonds is 6. The number of thioether (sulfide) groups is 1. The van der Waals surface area contributed by atoms with Crippen LogP contribution < -0.4 is 10.6 Å². The van der Waals surface area contributed by atoms with Gasteiger partial charge in [0.15, 0.2) is 5.11 Å². The Labute approximate surface area is 145 Å². The van der Waals surface area contributed by atoms with Gasteiger partial charge in [-0.05, 0) is 54.5 Å². The van der Waals surface area contributed by atoms with E-state index in [0.29, 0.717) is 5.11 Å². The number of nitrogens with zero attached hydrogens (tertiary/aromatic N) is 1. The minimum Gasteiger partial charge on any atom is -0.362 e. The summed E-state index contributed by atoms with van der Waals surface area (Å²) in [4.78, 5) is 4.22. The van der Waals surface area contributed by atoms with Crippen LogP contribution in [-0.2, 0) is 5.75 Å². The summed E-state index contributed by atoms with van der Waals surface area (Å²) in [5.41, 5.74) is 2.43. The summed E-state index contributed by atoms with van der Waals surface area (Å²) in [6, 6.07) is 11.9. The Bertz CT molecular complexity index is 617. The normalized spacial score (nSPS) is 10.3. The van der Waals surface area contributed by atoms with Gasteiger partial charge in [-0.3, -0.25) is 0 Å². The predicted molar refractivity (Wildman–Crippen MR) is 101 cm³/mol. The molecule has 2 rings (SSSR count). The van der Waals surface area contributed by atoms with Gasteiger partial charge >= 0.3 is 0 Å². The number of aromatic nitrogens is 1. The van der Waals surface area contributed by atoms with E-state index in [-0.39, 0.29) is 0 Å². The summed E-state index contributed by atoms with van der Waals surface area (Å²) in [6.45, 7) is 2.84. The largest absolute Gasteiger partial charge is 0.362 e. The monoisotopic (exact) mass is 351 g/mol. The van der Waals surface area contributed by atoms with Crippen LogP contribution in [0.2, 0.25) is 5.02 Å². The number of benzene rings is 1. The number of anilines is 1. The number of thiocarbonyl (C=S) groups is 1. The van der Waals surface area contributed by atoms with E-state index in [9.17, 15) is 0 Å². The third kappa shape index (κ3) is 6.22. The van der Waals surface area contributed by atoms with Gasteiger partial charge in [-0.1, -0.05) is 23.7 Å². The number of pyridine rings is 1. The number of hydrogen-bond acceptors (Lipinski definition) is 3. The van der Waals surface area contributed by atoms with E-state index in [2.05, 4.69) is 27.8 Å². The fourth-order valence-electron chi connectivity index (χ4n) is 1.77. The molecule has 22 heavy (non-hydrogen) atoms. The Balaban J connectivity index is 1.62. The summed E-state index contributed by atoms with van der Waals surface area (Å²) in [7, 11) is 0. The van der Waals surface area contributed by atoms with Crippen molar-refractivity contribution >= 4 is 46.5 Å². The Morgan fingerprint density at radius 1 is 1.27 bits per heavy atom. The summed E-state index contributed by atoms with van der Waals surface area (Å²) >= 11 is 13.0. The molecule has 0 aliphatic carbocycles. The molecular formula is C16H18ClN3S2. The summed E-state index contributed by atoms with van der Waals surface area (Å²) in [5, 5.41) is 7.64. The van der Waals surface area contributed by atoms with Crippen LogP contribution in [-0.4, -0.2) is 22.4 Å². The number of nitrogens with one attached hydrogen (secondary N) is 2. The van der Waals surface area contributed by atoms with Crippen molar-refractivity contribution in [1.29, 1.82) is 0 Å². The third-order valence-electron chi connectivity index (χ3n) is 2.87. The van der Waals surface area contributed by atoms with Gasteiger partial charge in [0.2, 0.25) is 0 Å². The van der Waals surface area contributed by atoms with Crippen LogP contribution in [0, 0.1) is 6.92 Å². The first kappa shape index (κ1) is 17.1. The second-order valence-electron chi connectivity index (χ2n) is 4.78. The van der Waals surface area contributed by atoms with E-state index in [1.807, 2.05) is 43.0 Å². The first-order valence-corrected chi connectivity index (χ1v) is 8.87. The number of hydrogen-bond donors (Lipinski definition) is 2. The molecular weight excluding hydrogens is 334 g/mol. The van der Waals surface area contributed by atoms with E-state index in [0.717, 1.165) is 34.5 Å². The molecule has 0 atom stereocenters. The predicted octanol–water partition coefficient (Wildman–Crippen LogP) is 4.26. The van der Waals surface area contributed by atoms with Crippen molar-refractivity contribution in [3.8, 4) is 0 Å². The zero-order chi connectivity index (χ0) is 15.8. The summed E-state index contributed by atoms with van der Waals surface area (Å²) in [5.74, 6) is 2.72. The molecule has 0 amide bonds. The first-order chi connectivity index (χ1) is 10.6. The van der Waals surface area contributed by atoms with Crippen LogP contribution in [0.4, 0.5) is 5.82 Å². The molecule has 3 nitrogen and oxygen atoms in total. The van der Waals surface area contributed by atoms with Gasteiger partial charge in [0.1, 0.15) is 5.82 Å². The molecule has 0 saturated carbocycles. The molecule has 2 N–H and O–H groups in total. The molecule has 0 unspecified atom stereocenters. The van der Waals surface area contributed by atoms with Crippen LogP contribution in [0.5, 0.6) is 0 Å². The molecule has 0 fully saturated rings. The quantitative estimate of drug-likeness (QED) is 0.600. The van der Waals surface area contributed by atoms with Crippen molar-refractivity contribution in [2.75, 3.05) is 17.6 Å². The lowest BCUT2D eigenvalue weighted by Crippen LogP contribution is -2.30. The van der Waals surface area contributed by atoms with Gasteiger partial charge in [0.05, 0.1) is 0 Å². The van der Waals surface area contributed by atoms with Gasteiger partial charge in [0, 0.05) is 29.3 Å². The van der Waals surface area contributed by atoms with Gasteiger partial charge in [0.25, 0.3) is 0 Å². The summed E-state index contributed by atoms with van der Waals surface area (Å²) < 4.78 is 0. The lowest BCUT2D eigenvalue weighted by atomic mass is 10.2. The molecule has 1 aromatic carbocycles. The molecule has 0 aliphatic rings. The summed E-state index contributed by atoms with van der Waals surface area (Å²) in [6.07, 6.45) is 1.77. The highest BCUT2D eigenvalue weighted by molar-refractivity contribution is 7.98. The molecule has 0 radical (unpaired) electrons. The number of halogens is 1. The molecule has 1 heterocycles. The molecule has 1 aromatic heterocycles. The highest BCUT2D eigenvalue weighted by Crippen LogP contribution is 2.15. The van der Waals surface area contributed by atoms with Gasteiger partial charge in [-0.2, -0.15) is 11.8 Å². The maximum Gasteiger partial charge on any atom is 0.171 e. The van der Waals surface area contributed by atoms with Crippen molar-refractivity contribution in [1.82, 2.24) is 10.3 Å². The fraction of sp³-hybridized carbons (Fsp3) is 0.250. The smallest absolute Gasteiger partial charge is 0.171 e. The van der Waals surface area contributed by atoms with Crippen molar-refractivity contribution in [3.05, 3.63) is 58.7 Å². The Hall–Kier alpha value is -1.30. The second-order valence-corrected chi connectivity index (χ2v) is 6.73. The van der Waals surface area contributed by atoms with E-state index in [1.54, 1.807) is 6.20 Å².